The number of nitrogens with zero attached hydrogens (tertiary/aromatic N) is 4. The molecule has 0 aliphatic carbocycles. The third kappa shape index (κ3) is 3.95. The molecule has 2 saturated heterocycles. The summed E-state index contributed by atoms with van der Waals surface area (Å²) in [6, 6.07) is 28.6. The third-order valence-corrected chi connectivity index (χ3v) is 6.35. The Morgan fingerprint density at radius 1 is 0.758 bits per heavy atom. The molecule has 7 nitrogen and oxygen atoms in total. The highest BCUT2D eigenvalue weighted by molar-refractivity contribution is 5.67. The van der Waals surface area contributed by atoms with Crippen molar-refractivity contribution in [1.29, 1.82) is 0 Å². The molecule has 6 rings (SSSR count). The molecule has 166 valence electrons. The van der Waals surface area contributed by atoms with Crippen molar-refractivity contribution in [2.24, 2.45) is 0 Å². The topological polar surface area (TPSA) is 71.3 Å². The van der Waals surface area contributed by atoms with Crippen LogP contribution in [-0.2, 0) is 20.8 Å². The Labute approximate surface area is 191 Å². The minimum Gasteiger partial charge on any atom is -0.370 e. The highest BCUT2D eigenvalue weighted by Crippen LogP contribution is 2.37. The standard InChI is InChI=1S/C26H24N4O3/c1-3-7-18(8-4-1)15-31-23-17-33-24-22(16-32-25(23)24)30-26(27-28-29-30)21-13-11-20(12-14-21)19-9-5-2-6-10-19/h1-14,22-25H,15-17H2/t22-,23+,24+,25+/m0/s1. The number of tetrazole rings is 1. The highest BCUT2D eigenvalue weighted by Gasteiger charge is 2.50. The van der Waals surface area contributed by atoms with Gasteiger partial charge in [0.05, 0.1) is 19.8 Å². The van der Waals surface area contributed by atoms with Gasteiger partial charge < -0.3 is 14.2 Å². The highest BCUT2D eigenvalue weighted by atomic mass is 16.6. The molecule has 33 heavy (non-hydrogen) atoms. The summed E-state index contributed by atoms with van der Waals surface area (Å²) in [4.78, 5) is 0. The van der Waals surface area contributed by atoms with Crippen LogP contribution in [0.4, 0.5) is 0 Å². The lowest BCUT2D eigenvalue weighted by atomic mass is 10.0. The Balaban J connectivity index is 1.17. The molecule has 0 amide bonds. The van der Waals surface area contributed by atoms with E-state index in [0.717, 1.165) is 16.7 Å². The number of aromatic nitrogens is 4. The van der Waals surface area contributed by atoms with Crippen molar-refractivity contribution in [2.45, 2.75) is 31.0 Å². The maximum Gasteiger partial charge on any atom is 0.182 e. The molecule has 4 aromatic rings. The molecule has 3 heterocycles. The molecule has 2 aliphatic heterocycles. The Morgan fingerprint density at radius 3 is 2.21 bits per heavy atom. The van der Waals surface area contributed by atoms with Crippen LogP contribution in [0, 0.1) is 0 Å². The fraction of sp³-hybridized carbons (Fsp3) is 0.269. The van der Waals surface area contributed by atoms with Gasteiger partial charge in [0.1, 0.15) is 24.4 Å². The Hall–Kier alpha value is -3.39. The molecular weight excluding hydrogens is 416 g/mol. The van der Waals surface area contributed by atoms with E-state index >= 15 is 0 Å². The van der Waals surface area contributed by atoms with Crippen molar-refractivity contribution < 1.29 is 14.2 Å². The van der Waals surface area contributed by atoms with Gasteiger partial charge in [0, 0.05) is 5.56 Å². The lowest BCUT2D eigenvalue weighted by molar-refractivity contribution is -0.0399. The number of fused-ring (bicyclic) bond motifs is 1. The van der Waals surface area contributed by atoms with Crippen LogP contribution in [0.25, 0.3) is 22.5 Å². The van der Waals surface area contributed by atoms with Crippen molar-refractivity contribution in [1.82, 2.24) is 20.2 Å². The van der Waals surface area contributed by atoms with Gasteiger partial charge in [0.2, 0.25) is 0 Å². The molecule has 0 bridgehead atoms. The molecule has 1 aromatic heterocycles. The summed E-state index contributed by atoms with van der Waals surface area (Å²) < 4.78 is 20.2. The molecular formula is C26H24N4O3. The van der Waals surface area contributed by atoms with E-state index in [2.05, 4.69) is 64.1 Å². The number of hydrogen-bond acceptors (Lipinski definition) is 6. The van der Waals surface area contributed by atoms with Crippen LogP contribution in [0.3, 0.4) is 0 Å². The number of ether oxygens (including phenoxy) is 3. The first kappa shape index (κ1) is 20.2. The van der Waals surface area contributed by atoms with Crippen molar-refractivity contribution in [3.63, 3.8) is 0 Å². The smallest absolute Gasteiger partial charge is 0.182 e. The summed E-state index contributed by atoms with van der Waals surface area (Å²) in [5.41, 5.74) is 4.42. The average molecular weight is 441 g/mol. The van der Waals surface area contributed by atoms with Gasteiger partial charge in [-0.15, -0.1) is 5.10 Å². The SMILES string of the molecule is c1ccc(CO[C@@H]2CO[C@H]3[C@@H]2OC[C@@H]3n2nnnc2-c2ccc(-c3ccccc3)cc2)cc1. The van der Waals surface area contributed by atoms with Gasteiger partial charge in [0.25, 0.3) is 0 Å². The molecule has 0 saturated carbocycles. The summed E-state index contributed by atoms with van der Waals surface area (Å²) in [5.74, 6) is 0.709. The van der Waals surface area contributed by atoms with E-state index in [-0.39, 0.29) is 24.4 Å². The van der Waals surface area contributed by atoms with Crippen LogP contribution in [-0.4, -0.2) is 51.7 Å². The largest absolute Gasteiger partial charge is 0.370 e. The van der Waals surface area contributed by atoms with Crippen LogP contribution in [0.5, 0.6) is 0 Å². The molecule has 0 radical (unpaired) electrons. The van der Waals surface area contributed by atoms with Crippen LogP contribution < -0.4 is 0 Å². The lowest BCUT2D eigenvalue weighted by Crippen LogP contribution is -2.32. The van der Waals surface area contributed by atoms with E-state index in [9.17, 15) is 0 Å². The summed E-state index contributed by atoms with van der Waals surface area (Å²) in [7, 11) is 0. The minimum atomic E-state index is -0.142. The molecule has 2 fully saturated rings. The van der Waals surface area contributed by atoms with E-state index < -0.39 is 0 Å². The monoisotopic (exact) mass is 440 g/mol. The number of hydrogen-bond donors (Lipinski definition) is 0. The maximum atomic E-state index is 6.13. The molecule has 0 spiro atoms. The Bertz CT molecular complexity index is 1200. The van der Waals surface area contributed by atoms with Gasteiger partial charge in [-0.3, -0.25) is 0 Å². The van der Waals surface area contributed by atoms with Gasteiger partial charge in [0.15, 0.2) is 5.82 Å². The van der Waals surface area contributed by atoms with E-state index in [1.165, 1.54) is 5.56 Å². The Kier molecular flexibility index (Phi) is 5.43. The quantitative estimate of drug-likeness (QED) is 0.452. The first-order valence-corrected chi connectivity index (χ1v) is 11.2. The van der Waals surface area contributed by atoms with Crippen molar-refractivity contribution in [3.05, 3.63) is 90.5 Å². The van der Waals surface area contributed by atoms with Gasteiger partial charge >= 0.3 is 0 Å². The zero-order valence-corrected chi connectivity index (χ0v) is 18.0. The second kappa shape index (κ2) is 8.86. The Morgan fingerprint density at radius 2 is 1.42 bits per heavy atom. The molecule has 0 unspecified atom stereocenters. The van der Waals surface area contributed by atoms with Gasteiger partial charge in [-0.1, -0.05) is 84.9 Å². The first-order chi connectivity index (χ1) is 16.4. The van der Waals surface area contributed by atoms with Gasteiger partial charge in [-0.05, 0) is 27.1 Å². The predicted octanol–water partition coefficient (Wildman–Crippen LogP) is 3.93. The summed E-state index contributed by atoms with van der Waals surface area (Å²) in [6.07, 6.45) is -0.377. The van der Waals surface area contributed by atoms with Gasteiger partial charge in [-0.2, -0.15) is 0 Å². The predicted molar refractivity (Wildman–Crippen MR) is 122 cm³/mol. The second-order valence-electron chi connectivity index (χ2n) is 8.39. The van der Waals surface area contributed by atoms with Gasteiger partial charge in [-0.25, -0.2) is 4.68 Å². The van der Waals surface area contributed by atoms with Crippen molar-refractivity contribution in [3.8, 4) is 22.5 Å². The van der Waals surface area contributed by atoms with Crippen molar-refractivity contribution in [2.75, 3.05) is 13.2 Å². The molecule has 0 N–H and O–H groups in total. The summed E-state index contributed by atoms with van der Waals surface area (Å²) in [6.45, 7) is 1.53. The van der Waals surface area contributed by atoms with E-state index in [0.29, 0.717) is 25.6 Å². The second-order valence-corrected chi connectivity index (χ2v) is 8.39. The third-order valence-electron chi connectivity index (χ3n) is 6.35. The summed E-state index contributed by atoms with van der Waals surface area (Å²) >= 11 is 0. The molecule has 7 heteroatoms. The fourth-order valence-corrected chi connectivity index (χ4v) is 4.62. The minimum absolute atomic E-state index is 0.0980. The number of benzene rings is 3. The molecule has 3 aromatic carbocycles. The van der Waals surface area contributed by atoms with Crippen LogP contribution in [0.1, 0.15) is 11.6 Å². The van der Waals surface area contributed by atoms with Crippen LogP contribution in [0.2, 0.25) is 0 Å². The number of rotatable bonds is 6. The zero-order valence-electron chi connectivity index (χ0n) is 18.0. The van der Waals surface area contributed by atoms with Crippen LogP contribution in [0.15, 0.2) is 84.9 Å². The maximum absolute atomic E-state index is 6.13. The van der Waals surface area contributed by atoms with E-state index in [4.69, 9.17) is 14.2 Å². The van der Waals surface area contributed by atoms with Crippen LogP contribution >= 0.6 is 0 Å². The molecule has 2 aliphatic rings. The van der Waals surface area contributed by atoms with E-state index in [1.807, 2.05) is 41.1 Å². The van der Waals surface area contributed by atoms with Crippen molar-refractivity contribution >= 4 is 0 Å². The normalized spacial score (nSPS) is 24.1. The fourth-order valence-electron chi connectivity index (χ4n) is 4.62. The average Bonchev–Trinajstić information content (AvgIpc) is 3.61. The lowest BCUT2D eigenvalue weighted by Gasteiger charge is -2.18. The summed E-state index contributed by atoms with van der Waals surface area (Å²) in [5, 5.41) is 12.5. The first-order valence-electron chi connectivity index (χ1n) is 11.2. The van der Waals surface area contributed by atoms with E-state index in [1.54, 1.807) is 0 Å². The molecule has 4 atom stereocenters. The zero-order chi connectivity index (χ0) is 22.0.